The molecule has 0 aliphatic heterocycles. The Balaban J connectivity index is 2.30. The Morgan fingerprint density at radius 2 is 1.89 bits per heavy atom. The third-order valence-electron chi connectivity index (χ3n) is 2.67. The Morgan fingerprint density at radius 1 is 1.21 bits per heavy atom. The van der Waals surface area contributed by atoms with Crippen LogP contribution in [0.4, 0.5) is 5.69 Å². The fraction of sp³-hybridized carbons (Fsp3) is 0.462. The minimum atomic E-state index is -0.467. The molecule has 0 saturated carbocycles. The van der Waals surface area contributed by atoms with E-state index >= 15 is 0 Å². The molecule has 0 bridgehead atoms. The van der Waals surface area contributed by atoms with Crippen molar-refractivity contribution >= 4 is 11.6 Å². The zero-order chi connectivity index (χ0) is 14.1. The summed E-state index contributed by atoms with van der Waals surface area (Å²) in [5.41, 5.74) is 0.770. The van der Waals surface area contributed by atoms with Crippen molar-refractivity contribution in [3.05, 3.63) is 39.9 Å². The molecule has 19 heavy (non-hydrogen) atoms. The van der Waals surface area contributed by atoms with Gasteiger partial charge in [0, 0.05) is 25.3 Å². The van der Waals surface area contributed by atoms with Crippen LogP contribution in [0.25, 0.3) is 0 Å². The van der Waals surface area contributed by atoms with Gasteiger partial charge in [-0.2, -0.15) is 0 Å². The second-order valence-corrected chi connectivity index (χ2v) is 4.23. The predicted molar refractivity (Wildman–Crippen MR) is 70.7 cm³/mol. The number of carbonyl (C=O) groups excluding carboxylic acids is 1. The molecule has 0 aliphatic carbocycles. The van der Waals surface area contributed by atoms with Gasteiger partial charge in [0.15, 0.2) is 0 Å². The lowest BCUT2D eigenvalue weighted by Crippen LogP contribution is -2.26. The van der Waals surface area contributed by atoms with E-state index in [4.69, 9.17) is 5.11 Å². The highest BCUT2D eigenvalue weighted by molar-refractivity contribution is 5.78. The standard InChI is InChI=1S/C13H18N2O4/c16-9-3-1-2-8-14-13(17)10-11-4-6-12(7-5-11)15(18)19/h4-7,16H,1-3,8-10H2,(H,14,17). The van der Waals surface area contributed by atoms with E-state index in [9.17, 15) is 14.9 Å². The molecule has 104 valence electrons. The first kappa shape index (κ1) is 15.1. The van der Waals surface area contributed by atoms with Crippen molar-refractivity contribution in [3.8, 4) is 0 Å². The van der Waals surface area contributed by atoms with E-state index in [0.717, 1.165) is 24.8 Å². The first-order chi connectivity index (χ1) is 9.13. The molecule has 0 spiro atoms. The maximum absolute atomic E-state index is 11.6. The lowest BCUT2D eigenvalue weighted by molar-refractivity contribution is -0.384. The van der Waals surface area contributed by atoms with E-state index in [-0.39, 0.29) is 24.6 Å². The Bertz CT molecular complexity index is 417. The van der Waals surface area contributed by atoms with E-state index < -0.39 is 4.92 Å². The second-order valence-electron chi connectivity index (χ2n) is 4.23. The van der Waals surface area contributed by atoms with Crippen molar-refractivity contribution in [2.75, 3.05) is 13.2 Å². The third-order valence-corrected chi connectivity index (χ3v) is 2.67. The highest BCUT2D eigenvalue weighted by atomic mass is 16.6. The largest absolute Gasteiger partial charge is 0.396 e. The van der Waals surface area contributed by atoms with E-state index in [1.54, 1.807) is 12.1 Å². The number of nitrogens with one attached hydrogen (secondary N) is 1. The molecule has 0 unspecified atom stereocenters. The minimum Gasteiger partial charge on any atom is -0.396 e. The van der Waals surface area contributed by atoms with Gasteiger partial charge in [-0.15, -0.1) is 0 Å². The normalized spacial score (nSPS) is 10.2. The lowest BCUT2D eigenvalue weighted by Gasteiger charge is -2.04. The molecule has 0 aromatic heterocycles. The van der Waals surface area contributed by atoms with Crippen molar-refractivity contribution in [3.63, 3.8) is 0 Å². The molecule has 0 fully saturated rings. The van der Waals surface area contributed by atoms with Crippen molar-refractivity contribution < 1.29 is 14.8 Å². The number of aliphatic hydroxyl groups excluding tert-OH is 1. The molecule has 0 aliphatic rings. The SMILES string of the molecule is O=C(Cc1ccc([N+](=O)[O-])cc1)NCCCCCO. The summed E-state index contributed by atoms with van der Waals surface area (Å²) in [6, 6.07) is 5.96. The Kier molecular flexibility index (Phi) is 6.52. The van der Waals surface area contributed by atoms with Crippen LogP contribution in [-0.2, 0) is 11.2 Å². The summed E-state index contributed by atoms with van der Waals surface area (Å²) in [6.45, 7) is 0.766. The molecule has 0 atom stereocenters. The highest BCUT2D eigenvalue weighted by Gasteiger charge is 2.06. The van der Waals surface area contributed by atoms with Crippen molar-refractivity contribution in [2.45, 2.75) is 25.7 Å². The van der Waals surface area contributed by atoms with Crippen LogP contribution in [0.5, 0.6) is 0 Å². The number of nitrogens with zero attached hydrogens (tertiary/aromatic N) is 1. The number of nitro groups is 1. The average molecular weight is 266 g/mol. The van der Waals surface area contributed by atoms with Gasteiger partial charge in [-0.1, -0.05) is 12.1 Å². The van der Waals surface area contributed by atoms with Crippen LogP contribution >= 0.6 is 0 Å². The van der Waals surface area contributed by atoms with Crippen LogP contribution in [0.15, 0.2) is 24.3 Å². The number of non-ortho nitro benzene ring substituents is 1. The predicted octanol–water partition coefficient (Wildman–Crippen LogP) is 1.42. The number of amides is 1. The van der Waals surface area contributed by atoms with E-state index in [1.165, 1.54) is 12.1 Å². The smallest absolute Gasteiger partial charge is 0.269 e. The van der Waals surface area contributed by atoms with E-state index in [2.05, 4.69) is 5.32 Å². The van der Waals surface area contributed by atoms with Crippen LogP contribution in [0.3, 0.4) is 0 Å². The maximum atomic E-state index is 11.6. The molecule has 6 nitrogen and oxygen atoms in total. The molecule has 2 N–H and O–H groups in total. The van der Waals surface area contributed by atoms with Gasteiger partial charge in [-0.25, -0.2) is 0 Å². The highest BCUT2D eigenvalue weighted by Crippen LogP contribution is 2.12. The van der Waals surface area contributed by atoms with Gasteiger partial charge in [-0.3, -0.25) is 14.9 Å². The quantitative estimate of drug-likeness (QED) is 0.423. The van der Waals surface area contributed by atoms with Crippen LogP contribution in [0, 0.1) is 10.1 Å². The van der Waals surface area contributed by atoms with Gasteiger partial charge in [-0.05, 0) is 24.8 Å². The first-order valence-corrected chi connectivity index (χ1v) is 6.24. The van der Waals surface area contributed by atoms with Crippen LogP contribution in [-0.4, -0.2) is 29.1 Å². The molecule has 1 amide bonds. The Hall–Kier alpha value is -1.95. The van der Waals surface area contributed by atoms with Crippen LogP contribution < -0.4 is 5.32 Å². The van der Waals surface area contributed by atoms with Gasteiger partial charge in [0.05, 0.1) is 11.3 Å². The Morgan fingerprint density at radius 3 is 2.47 bits per heavy atom. The fourth-order valence-electron chi connectivity index (χ4n) is 1.62. The number of carbonyl (C=O) groups is 1. The minimum absolute atomic E-state index is 0.0214. The second kappa shape index (κ2) is 8.20. The number of rotatable bonds is 8. The fourth-order valence-corrected chi connectivity index (χ4v) is 1.62. The van der Waals surface area contributed by atoms with Crippen LogP contribution in [0.2, 0.25) is 0 Å². The van der Waals surface area contributed by atoms with Crippen molar-refractivity contribution in [2.24, 2.45) is 0 Å². The summed E-state index contributed by atoms with van der Waals surface area (Å²) in [5, 5.41) is 21.8. The van der Waals surface area contributed by atoms with Gasteiger partial charge in [0.2, 0.25) is 5.91 Å². The topological polar surface area (TPSA) is 92.5 Å². The first-order valence-electron chi connectivity index (χ1n) is 6.24. The maximum Gasteiger partial charge on any atom is 0.269 e. The summed E-state index contributed by atoms with van der Waals surface area (Å²) in [4.78, 5) is 21.6. The zero-order valence-electron chi connectivity index (χ0n) is 10.7. The van der Waals surface area contributed by atoms with Crippen molar-refractivity contribution in [1.82, 2.24) is 5.32 Å². The van der Waals surface area contributed by atoms with Gasteiger partial charge in [0.1, 0.15) is 0 Å². The summed E-state index contributed by atoms with van der Waals surface area (Å²) < 4.78 is 0. The van der Waals surface area contributed by atoms with E-state index in [0.29, 0.717) is 6.54 Å². The lowest BCUT2D eigenvalue weighted by atomic mass is 10.1. The molecular weight excluding hydrogens is 248 g/mol. The Labute approximate surface area is 111 Å². The van der Waals surface area contributed by atoms with E-state index in [1.807, 2.05) is 0 Å². The molecule has 0 saturated heterocycles. The summed E-state index contributed by atoms with van der Waals surface area (Å²) in [7, 11) is 0. The van der Waals surface area contributed by atoms with Gasteiger partial charge >= 0.3 is 0 Å². The van der Waals surface area contributed by atoms with Gasteiger partial charge < -0.3 is 10.4 Å². The number of benzene rings is 1. The molecule has 6 heteroatoms. The van der Waals surface area contributed by atoms with Crippen LogP contribution in [0.1, 0.15) is 24.8 Å². The molecule has 0 radical (unpaired) electrons. The van der Waals surface area contributed by atoms with Crippen molar-refractivity contribution in [1.29, 1.82) is 0 Å². The molecule has 1 rings (SSSR count). The molecule has 1 aromatic rings. The number of nitro benzene ring substituents is 1. The number of hydrogen-bond acceptors (Lipinski definition) is 4. The zero-order valence-corrected chi connectivity index (χ0v) is 10.7. The summed E-state index contributed by atoms with van der Waals surface area (Å²) in [5.74, 6) is -0.0992. The summed E-state index contributed by atoms with van der Waals surface area (Å²) in [6.07, 6.45) is 2.69. The number of aliphatic hydroxyl groups is 1. The third kappa shape index (κ3) is 5.96. The summed E-state index contributed by atoms with van der Waals surface area (Å²) >= 11 is 0. The molecule has 0 heterocycles. The monoisotopic (exact) mass is 266 g/mol. The number of unbranched alkanes of at least 4 members (excludes halogenated alkanes) is 2. The average Bonchev–Trinajstić information content (AvgIpc) is 2.39. The molecular formula is C13H18N2O4. The number of hydrogen-bond donors (Lipinski definition) is 2. The molecule has 1 aromatic carbocycles. The van der Waals surface area contributed by atoms with Gasteiger partial charge in [0.25, 0.3) is 5.69 Å².